The number of nitrogens with one attached hydrogen (secondary N) is 1. The van der Waals surface area contributed by atoms with Crippen LogP contribution >= 0.6 is 0 Å². The number of guanidine groups is 1. The Balaban J connectivity index is 1.60. The van der Waals surface area contributed by atoms with Gasteiger partial charge < -0.3 is 19.9 Å². The van der Waals surface area contributed by atoms with Gasteiger partial charge in [-0.05, 0) is 68.7 Å². The Kier molecular flexibility index (Phi) is 8.33. The smallest absolute Gasteiger partial charge is 0.222 e. The number of nitrogens with zero attached hydrogens (tertiary/aromatic N) is 4. The molecule has 37 heavy (non-hydrogen) atoms. The number of ether oxygens (including phenoxy) is 1. The number of fused-ring (bicyclic) bond motifs is 1. The molecule has 0 saturated carbocycles. The van der Waals surface area contributed by atoms with Gasteiger partial charge in [0.05, 0.1) is 12.2 Å². The first kappa shape index (κ1) is 26.5. The Hall–Kier alpha value is -3.59. The molecule has 2 aromatic carbocycles. The fourth-order valence-corrected chi connectivity index (χ4v) is 4.72. The third-order valence-electron chi connectivity index (χ3n) is 6.70. The molecule has 9 heteroatoms. The highest BCUT2D eigenvalue weighted by atomic mass is 19.1. The van der Waals surface area contributed by atoms with Gasteiger partial charge in [0.25, 0.3) is 0 Å². The lowest BCUT2D eigenvalue weighted by atomic mass is 9.89. The van der Waals surface area contributed by atoms with E-state index in [9.17, 15) is 13.2 Å². The molecule has 0 radical (unpaired) electrons. The van der Waals surface area contributed by atoms with E-state index in [1.54, 1.807) is 24.3 Å². The largest absolute Gasteiger partial charge is 0.486 e. The summed E-state index contributed by atoms with van der Waals surface area (Å²) in [6, 6.07) is 7.68. The van der Waals surface area contributed by atoms with Crippen molar-refractivity contribution in [1.82, 2.24) is 4.90 Å². The zero-order valence-electron chi connectivity index (χ0n) is 21.2. The SMILES string of the molecule is C=CCN1CCOc2c(F)cc(C(=NC(=NC)Nc3ccc(C4CCN(C)CC4)c(F)c3)C(=C)F)cc21. The van der Waals surface area contributed by atoms with Crippen molar-refractivity contribution in [3.63, 3.8) is 0 Å². The molecule has 4 rings (SSSR count). The Morgan fingerprint density at radius 3 is 2.57 bits per heavy atom. The molecular formula is C28H32F3N5O. The minimum atomic E-state index is -0.863. The highest BCUT2D eigenvalue weighted by molar-refractivity contribution is 6.17. The highest BCUT2D eigenvalue weighted by Crippen LogP contribution is 2.36. The zero-order chi connectivity index (χ0) is 26.5. The molecule has 1 saturated heterocycles. The average Bonchev–Trinajstić information content (AvgIpc) is 2.87. The molecule has 0 spiro atoms. The number of hydrogen-bond acceptors (Lipinski definition) is 4. The van der Waals surface area contributed by atoms with Gasteiger partial charge in [0.15, 0.2) is 11.6 Å². The average molecular weight is 512 g/mol. The summed E-state index contributed by atoms with van der Waals surface area (Å²) in [5.41, 5.74) is 1.57. The number of anilines is 2. The summed E-state index contributed by atoms with van der Waals surface area (Å²) < 4.78 is 50.0. The lowest BCUT2D eigenvalue weighted by Crippen LogP contribution is -2.33. The van der Waals surface area contributed by atoms with E-state index in [1.165, 1.54) is 13.1 Å². The van der Waals surface area contributed by atoms with Gasteiger partial charge in [0, 0.05) is 24.8 Å². The van der Waals surface area contributed by atoms with Gasteiger partial charge in [-0.1, -0.05) is 18.7 Å². The minimum absolute atomic E-state index is 0.0255. The summed E-state index contributed by atoms with van der Waals surface area (Å²) >= 11 is 0. The van der Waals surface area contributed by atoms with E-state index in [0.717, 1.165) is 32.0 Å². The fraction of sp³-hybridized carbons (Fsp3) is 0.357. The second-order valence-corrected chi connectivity index (χ2v) is 9.24. The number of halogens is 3. The predicted molar refractivity (Wildman–Crippen MR) is 144 cm³/mol. The van der Waals surface area contributed by atoms with E-state index in [4.69, 9.17) is 4.74 Å². The van der Waals surface area contributed by atoms with Crippen LogP contribution < -0.4 is 15.0 Å². The summed E-state index contributed by atoms with van der Waals surface area (Å²) in [6.45, 7) is 10.3. The second-order valence-electron chi connectivity index (χ2n) is 9.24. The summed E-state index contributed by atoms with van der Waals surface area (Å²) in [6.07, 6.45) is 3.51. The first-order chi connectivity index (χ1) is 17.8. The van der Waals surface area contributed by atoms with Crippen molar-refractivity contribution in [3.05, 3.63) is 78.2 Å². The summed E-state index contributed by atoms with van der Waals surface area (Å²) in [7, 11) is 3.54. The first-order valence-corrected chi connectivity index (χ1v) is 12.3. The molecule has 1 fully saturated rings. The molecule has 0 atom stereocenters. The molecule has 0 bridgehead atoms. The Labute approximate surface area is 215 Å². The molecule has 0 amide bonds. The van der Waals surface area contributed by atoms with Crippen LogP contribution in [0, 0.1) is 11.6 Å². The quantitative estimate of drug-likeness (QED) is 0.315. The number of allylic oxidation sites excluding steroid dienone is 1. The van der Waals surface area contributed by atoms with Crippen molar-refractivity contribution in [1.29, 1.82) is 0 Å². The molecule has 0 aromatic heterocycles. The van der Waals surface area contributed by atoms with Crippen molar-refractivity contribution >= 4 is 23.0 Å². The third kappa shape index (κ3) is 6.05. The number of hydrogen-bond donors (Lipinski definition) is 1. The molecular weight excluding hydrogens is 479 g/mol. The molecule has 0 aliphatic carbocycles. The summed E-state index contributed by atoms with van der Waals surface area (Å²) in [5, 5.41) is 2.93. The molecule has 1 N–H and O–H groups in total. The van der Waals surface area contributed by atoms with Gasteiger partial charge >= 0.3 is 0 Å². The van der Waals surface area contributed by atoms with E-state index in [1.807, 2.05) is 4.90 Å². The maximum atomic E-state index is 15.0. The van der Waals surface area contributed by atoms with Gasteiger partial charge in [-0.2, -0.15) is 0 Å². The van der Waals surface area contributed by atoms with Crippen molar-refractivity contribution in [3.8, 4) is 5.75 Å². The monoisotopic (exact) mass is 511 g/mol. The summed E-state index contributed by atoms with van der Waals surface area (Å²) in [4.78, 5) is 12.5. The molecule has 2 aromatic rings. The van der Waals surface area contributed by atoms with E-state index in [2.05, 4.69) is 40.4 Å². The van der Waals surface area contributed by atoms with Crippen LogP contribution in [0.15, 0.2) is 65.4 Å². The van der Waals surface area contributed by atoms with Crippen LogP contribution in [-0.2, 0) is 0 Å². The van der Waals surface area contributed by atoms with E-state index < -0.39 is 11.6 Å². The van der Waals surface area contributed by atoms with Gasteiger partial charge in [-0.25, -0.2) is 18.2 Å². The van der Waals surface area contributed by atoms with Crippen LogP contribution in [0.3, 0.4) is 0 Å². The number of benzene rings is 2. The van der Waals surface area contributed by atoms with Crippen LogP contribution in [0.5, 0.6) is 5.75 Å². The van der Waals surface area contributed by atoms with E-state index >= 15 is 0 Å². The number of piperidine rings is 1. The van der Waals surface area contributed by atoms with Gasteiger partial charge in [-0.15, -0.1) is 6.58 Å². The minimum Gasteiger partial charge on any atom is -0.486 e. The molecule has 196 valence electrons. The van der Waals surface area contributed by atoms with Crippen LogP contribution in [0.25, 0.3) is 0 Å². The lowest BCUT2D eigenvalue weighted by Gasteiger charge is -2.31. The molecule has 2 heterocycles. The molecule has 2 aliphatic rings. The Morgan fingerprint density at radius 1 is 1.16 bits per heavy atom. The van der Waals surface area contributed by atoms with Crippen LogP contribution in [-0.4, -0.2) is 63.5 Å². The second kappa shape index (κ2) is 11.6. The first-order valence-electron chi connectivity index (χ1n) is 12.3. The topological polar surface area (TPSA) is 52.5 Å². The van der Waals surface area contributed by atoms with Crippen LogP contribution in [0.2, 0.25) is 0 Å². The lowest BCUT2D eigenvalue weighted by molar-refractivity contribution is 0.253. The van der Waals surface area contributed by atoms with Crippen molar-refractivity contribution in [2.75, 3.05) is 57.1 Å². The van der Waals surface area contributed by atoms with Gasteiger partial charge in [0.1, 0.15) is 24.0 Å². The van der Waals surface area contributed by atoms with Gasteiger partial charge in [0.2, 0.25) is 5.96 Å². The van der Waals surface area contributed by atoms with Crippen molar-refractivity contribution in [2.24, 2.45) is 9.98 Å². The zero-order valence-corrected chi connectivity index (χ0v) is 21.2. The third-order valence-corrected chi connectivity index (χ3v) is 6.70. The van der Waals surface area contributed by atoms with Crippen molar-refractivity contribution < 1.29 is 17.9 Å². The van der Waals surface area contributed by atoms with Crippen LogP contribution in [0.4, 0.5) is 24.5 Å². The molecule has 2 aliphatic heterocycles. The normalized spacial score (nSPS) is 17.3. The van der Waals surface area contributed by atoms with E-state index in [0.29, 0.717) is 36.6 Å². The molecule has 0 unspecified atom stereocenters. The van der Waals surface area contributed by atoms with Gasteiger partial charge in [-0.3, -0.25) is 4.99 Å². The summed E-state index contributed by atoms with van der Waals surface area (Å²) in [5.74, 6) is -1.51. The number of rotatable bonds is 6. The number of aliphatic imine (C=N–C) groups is 2. The Bertz CT molecular complexity index is 1230. The fourth-order valence-electron chi connectivity index (χ4n) is 4.72. The maximum Gasteiger partial charge on any atom is 0.222 e. The van der Waals surface area contributed by atoms with Crippen molar-refractivity contribution in [2.45, 2.75) is 18.8 Å². The number of likely N-dealkylation sites (tertiary alicyclic amines) is 1. The highest BCUT2D eigenvalue weighted by Gasteiger charge is 2.25. The van der Waals surface area contributed by atoms with E-state index in [-0.39, 0.29) is 34.7 Å². The standard InChI is InChI=1S/C28H32F3N5O/c1-5-10-36-13-14-37-27-24(31)15-20(16-25(27)36)26(18(2)29)34-28(32-3)33-21-6-7-22(23(30)17-21)19-8-11-35(4)12-9-19/h5-7,15-17,19H,1-2,8-14H2,3-4H3,(H,32,33). The van der Waals surface area contributed by atoms with Crippen LogP contribution in [0.1, 0.15) is 29.9 Å². The Morgan fingerprint density at radius 2 is 1.92 bits per heavy atom. The molecule has 6 nitrogen and oxygen atoms in total. The maximum absolute atomic E-state index is 15.0. The predicted octanol–water partition coefficient (Wildman–Crippen LogP) is 5.53.